The number of carbonyl (C=O) groups excluding carboxylic acids is 1. The molecule has 1 aromatic heterocycles. The highest BCUT2D eigenvalue weighted by Crippen LogP contribution is 2.36. The van der Waals surface area contributed by atoms with E-state index in [4.69, 9.17) is 11.6 Å². The summed E-state index contributed by atoms with van der Waals surface area (Å²) in [6, 6.07) is 22.8. The maximum absolute atomic E-state index is 12.8. The molecule has 0 saturated carbocycles. The molecule has 0 saturated heterocycles. The van der Waals surface area contributed by atoms with E-state index in [1.807, 2.05) is 36.4 Å². The molecule has 0 aliphatic heterocycles. The van der Waals surface area contributed by atoms with Crippen molar-refractivity contribution in [1.29, 1.82) is 0 Å². The van der Waals surface area contributed by atoms with Crippen molar-refractivity contribution in [3.05, 3.63) is 99.0 Å². The lowest BCUT2D eigenvalue weighted by atomic mass is 10.0. The van der Waals surface area contributed by atoms with E-state index in [1.54, 1.807) is 30.5 Å². The first kappa shape index (κ1) is 24.1. The van der Waals surface area contributed by atoms with Crippen molar-refractivity contribution in [2.75, 3.05) is 10.7 Å². The number of carbonyl (C=O) groups is 1. The van der Waals surface area contributed by atoms with Gasteiger partial charge in [0, 0.05) is 20.6 Å². The minimum absolute atomic E-state index is 0.216. The number of benzene rings is 3. The summed E-state index contributed by atoms with van der Waals surface area (Å²) >= 11 is 10.8. The molecular formula is C26H22BrClN4OS. The molecule has 172 valence electrons. The van der Waals surface area contributed by atoms with Crippen LogP contribution in [0.3, 0.4) is 0 Å². The maximum atomic E-state index is 12.8. The van der Waals surface area contributed by atoms with Crippen LogP contribution < -0.4 is 10.7 Å². The molecule has 4 aromatic rings. The third-order valence-corrected chi connectivity index (χ3v) is 6.71. The summed E-state index contributed by atoms with van der Waals surface area (Å²) < 4.78 is 0.909. The highest BCUT2D eigenvalue weighted by Gasteiger charge is 2.16. The van der Waals surface area contributed by atoms with Gasteiger partial charge in [-0.1, -0.05) is 89.1 Å². The number of thiazole rings is 1. The van der Waals surface area contributed by atoms with Gasteiger partial charge in [0.25, 0.3) is 5.91 Å². The van der Waals surface area contributed by atoms with Gasteiger partial charge in [-0.2, -0.15) is 5.10 Å². The zero-order chi connectivity index (χ0) is 24.1. The fourth-order valence-electron chi connectivity index (χ4n) is 3.16. The summed E-state index contributed by atoms with van der Waals surface area (Å²) in [5.74, 6) is 0.267. The standard InChI is InChI=1S/C26H22BrClN4OS/c1-16(2)18-5-3-17(4-6-18)15-29-32-26-30-23(19-9-13-22(28)14-10-19)25(34-26)31-24(33)20-7-11-21(27)12-8-20/h3-16H,1-2H3,(H,30,32)(H,31,33). The minimum atomic E-state index is -0.216. The lowest BCUT2D eigenvalue weighted by molar-refractivity contribution is 0.102. The van der Waals surface area contributed by atoms with Gasteiger partial charge in [-0.15, -0.1) is 0 Å². The van der Waals surface area contributed by atoms with Crippen molar-refractivity contribution < 1.29 is 4.79 Å². The maximum Gasteiger partial charge on any atom is 0.256 e. The smallest absolute Gasteiger partial charge is 0.256 e. The third kappa shape index (κ3) is 6.11. The van der Waals surface area contributed by atoms with Crippen LogP contribution in [0.15, 0.2) is 82.4 Å². The summed E-state index contributed by atoms with van der Waals surface area (Å²) in [6.45, 7) is 4.33. The Morgan fingerprint density at radius 1 is 1.03 bits per heavy atom. The van der Waals surface area contributed by atoms with E-state index in [-0.39, 0.29) is 5.91 Å². The number of anilines is 2. The summed E-state index contributed by atoms with van der Waals surface area (Å²) in [5.41, 5.74) is 7.29. The largest absolute Gasteiger partial charge is 0.312 e. The van der Waals surface area contributed by atoms with Gasteiger partial charge in [0.1, 0.15) is 10.7 Å². The first-order valence-corrected chi connectivity index (χ1v) is 12.6. The number of hydrogen-bond acceptors (Lipinski definition) is 5. The molecule has 0 aliphatic carbocycles. The van der Waals surface area contributed by atoms with Crippen LogP contribution in [0.5, 0.6) is 0 Å². The number of rotatable bonds is 7. The quantitative estimate of drug-likeness (QED) is 0.180. The topological polar surface area (TPSA) is 66.4 Å². The Labute approximate surface area is 216 Å². The molecular weight excluding hydrogens is 532 g/mol. The number of halogens is 2. The van der Waals surface area contributed by atoms with Crippen LogP contribution in [-0.2, 0) is 0 Å². The normalized spacial score (nSPS) is 11.2. The molecule has 0 radical (unpaired) electrons. The van der Waals surface area contributed by atoms with Crippen molar-refractivity contribution in [3.63, 3.8) is 0 Å². The Morgan fingerprint density at radius 2 is 1.71 bits per heavy atom. The average Bonchev–Trinajstić information content (AvgIpc) is 3.22. The van der Waals surface area contributed by atoms with Gasteiger partial charge in [-0.25, -0.2) is 4.98 Å². The van der Waals surface area contributed by atoms with Gasteiger partial charge in [0.15, 0.2) is 0 Å². The van der Waals surface area contributed by atoms with E-state index in [2.05, 4.69) is 62.7 Å². The van der Waals surface area contributed by atoms with E-state index in [1.165, 1.54) is 16.9 Å². The fraction of sp³-hybridized carbons (Fsp3) is 0.115. The van der Waals surface area contributed by atoms with E-state index in [9.17, 15) is 4.79 Å². The fourth-order valence-corrected chi connectivity index (χ4v) is 4.38. The van der Waals surface area contributed by atoms with Crippen LogP contribution in [0.1, 0.15) is 41.3 Å². The van der Waals surface area contributed by atoms with Gasteiger partial charge in [-0.05, 0) is 53.4 Å². The number of aromatic nitrogens is 1. The Balaban J connectivity index is 1.56. The Bertz CT molecular complexity index is 1300. The third-order valence-electron chi connectivity index (χ3n) is 5.06. The van der Waals surface area contributed by atoms with Crippen LogP contribution in [0.25, 0.3) is 11.3 Å². The van der Waals surface area contributed by atoms with Crippen LogP contribution >= 0.6 is 38.9 Å². The van der Waals surface area contributed by atoms with Gasteiger partial charge in [0.05, 0.1) is 6.21 Å². The van der Waals surface area contributed by atoms with E-state index >= 15 is 0 Å². The summed E-state index contributed by atoms with van der Waals surface area (Å²) in [4.78, 5) is 17.5. The highest BCUT2D eigenvalue weighted by atomic mass is 79.9. The predicted octanol–water partition coefficient (Wildman–Crippen LogP) is 8.05. The van der Waals surface area contributed by atoms with Crippen molar-refractivity contribution in [2.24, 2.45) is 5.10 Å². The molecule has 0 unspecified atom stereocenters. The Kier molecular flexibility index (Phi) is 7.77. The Hall–Kier alpha value is -3.00. The first-order valence-electron chi connectivity index (χ1n) is 10.6. The molecule has 0 spiro atoms. The second kappa shape index (κ2) is 11.0. The van der Waals surface area contributed by atoms with E-state index in [0.29, 0.717) is 32.3 Å². The molecule has 0 bridgehead atoms. The molecule has 0 fully saturated rings. The zero-order valence-electron chi connectivity index (χ0n) is 18.5. The van der Waals surface area contributed by atoms with Gasteiger partial charge in [0.2, 0.25) is 5.13 Å². The van der Waals surface area contributed by atoms with Crippen LogP contribution in [0, 0.1) is 0 Å². The van der Waals surface area contributed by atoms with Gasteiger partial charge in [-0.3, -0.25) is 10.2 Å². The summed E-state index contributed by atoms with van der Waals surface area (Å²) in [5, 5.41) is 9.12. The van der Waals surface area contributed by atoms with E-state index in [0.717, 1.165) is 15.6 Å². The second-order valence-electron chi connectivity index (χ2n) is 7.86. The second-order valence-corrected chi connectivity index (χ2v) is 10.2. The molecule has 0 aliphatic rings. The number of nitrogens with zero attached hydrogens (tertiary/aromatic N) is 2. The summed E-state index contributed by atoms with van der Waals surface area (Å²) in [6.07, 6.45) is 1.74. The number of hydrazone groups is 1. The summed E-state index contributed by atoms with van der Waals surface area (Å²) in [7, 11) is 0. The van der Waals surface area contributed by atoms with Crippen molar-refractivity contribution >= 4 is 61.1 Å². The average molecular weight is 554 g/mol. The minimum Gasteiger partial charge on any atom is -0.312 e. The predicted molar refractivity (Wildman–Crippen MR) is 146 cm³/mol. The van der Waals surface area contributed by atoms with Gasteiger partial charge < -0.3 is 5.32 Å². The first-order chi connectivity index (χ1) is 16.4. The monoisotopic (exact) mass is 552 g/mol. The Morgan fingerprint density at radius 3 is 2.35 bits per heavy atom. The number of amides is 1. The molecule has 2 N–H and O–H groups in total. The van der Waals surface area contributed by atoms with Crippen LogP contribution in [-0.4, -0.2) is 17.1 Å². The van der Waals surface area contributed by atoms with Crippen molar-refractivity contribution in [3.8, 4) is 11.3 Å². The molecule has 34 heavy (non-hydrogen) atoms. The van der Waals surface area contributed by atoms with Crippen molar-refractivity contribution in [1.82, 2.24) is 4.98 Å². The van der Waals surface area contributed by atoms with Crippen LogP contribution in [0.2, 0.25) is 5.02 Å². The molecule has 4 rings (SSSR count). The molecule has 1 heterocycles. The highest BCUT2D eigenvalue weighted by molar-refractivity contribution is 9.10. The SMILES string of the molecule is CC(C)c1ccc(C=NNc2nc(-c3ccc(Cl)cc3)c(NC(=O)c3ccc(Br)cc3)s2)cc1. The molecule has 1 amide bonds. The molecule has 8 heteroatoms. The lowest BCUT2D eigenvalue weighted by Crippen LogP contribution is -2.11. The number of hydrogen-bond donors (Lipinski definition) is 2. The number of nitrogens with one attached hydrogen (secondary N) is 2. The lowest BCUT2D eigenvalue weighted by Gasteiger charge is -2.06. The molecule has 0 atom stereocenters. The van der Waals surface area contributed by atoms with Crippen LogP contribution in [0.4, 0.5) is 10.1 Å². The van der Waals surface area contributed by atoms with E-state index < -0.39 is 0 Å². The zero-order valence-corrected chi connectivity index (χ0v) is 21.7. The molecule has 5 nitrogen and oxygen atoms in total. The molecule has 3 aromatic carbocycles. The van der Waals surface area contributed by atoms with Crippen molar-refractivity contribution in [2.45, 2.75) is 19.8 Å². The van der Waals surface area contributed by atoms with Gasteiger partial charge >= 0.3 is 0 Å².